The molecular formula is C15H14Cl2N2O4S. The molecule has 24 heavy (non-hydrogen) atoms. The number of hydrogen-bond donors (Lipinski definition) is 2. The highest BCUT2D eigenvalue weighted by atomic mass is 35.5. The van der Waals surface area contributed by atoms with Gasteiger partial charge in [-0.2, -0.15) is 0 Å². The Balaban J connectivity index is 2.17. The number of phenolic OH excluding ortho intramolecular Hbond substituents is 1. The van der Waals surface area contributed by atoms with Crippen molar-refractivity contribution in [1.29, 1.82) is 0 Å². The first-order chi connectivity index (χ1) is 11.3. The van der Waals surface area contributed by atoms with E-state index >= 15 is 0 Å². The van der Waals surface area contributed by atoms with Crippen molar-refractivity contribution in [3.05, 3.63) is 32.6 Å². The second-order valence-corrected chi connectivity index (χ2v) is 6.76. The second-order valence-electron chi connectivity index (χ2n) is 4.95. The molecule has 0 spiro atoms. The SMILES string of the molecule is CCCNC(=O)CN1C(=O)S/C(=C\c2cc(Cl)c(O)c(Cl)c2)C1=O. The minimum Gasteiger partial charge on any atom is -0.505 e. The van der Waals surface area contributed by atoms with Crippen molar-refractivity contribution < 1.29 is 19.5 Å². The van der Waals surface area contributed by atoms with E-state index in [1.54, 1.807) is 0 Å². The predicted octanol–water partition coefficient (Wildman–Crippen LogP) is 3.26. The van der Waals surface area contributed by atoms with Gasteiger partial charge in [0.2, 0.25) is 5.91 Å². The maximum absolute atomic E-state index is 12.3. The molecule has 0 unspecified atom stereocenters. The fraction of sp³-hybridized carbons (Fsp3) is 0.267. The summed E-state index contributed by atoms with van der Waals surface area (Å²) in [7, 11) is 0. The van der Waals surface area contributed by atoms with Crippen LogP contribution in [0.4, 0.5) is 4.79 Å². The van der Waals surface area contributed by atoms with E-state index in [9.17, 15) is 19.5 Å². The molecule has 2 N–H and O–H groups in total. The van der Waals surface area contributed by atoms with Gasteiger partial charge in [0, 0.05) is 6.54 Å². The van der Waals surface area contributed by atoms with Crippen LogP contribution in [0.3, 0.4) is 0 Å². The number of rotatable bonds is 5. The molecule has 6 nitrogen and oxygen atoms in total. The molecule has 3 amide bonds. The Bertz CT molecular complexity index is 713. The quantitative estimate of drug-likeness (QED) is 0.755. The van der Waals surface area contributed by atoms with E-state index < -0.39 is 17.1 Å². The van der Waals surface area contributed by atoms with Gasteiger partial charge < -0.3 is 10.4 Å². The lowest BCUT2D eigenvalue weighted by atomic mass is 10.2. The first-order valence-electron chi connectivity index (χ1n) is 7.03. The molecule has 1 fully saturated rings. The number of benzene rings is 1. The minimum absolute atomic E-state index is 0.0342. The molecule has 1 aromatic rings. The fourth-order valence-electron chi connectivity index (χ4n) is 1.92. The smallest absolute Gasteiger partial charge is 0.294 e. The maximum atomic E-state index is 12.3. The number of carbonyl (C=O) groups is 3. The average Bonchev–Trinajstić information content (AvgIpc) is 2.78. The zero-order valence-electron chi connectivity index (χ0n) is 12.6. The maximum Gasteiger partial charge on any atom is 0.294 e. The van der Waals surface area contributed by atoms with Crippen molar-refractivity contribution in [3.8, 4) is 5.75 Å². The van der Waals surface area contributed by atoms with Crippen LogP contribution in [0.15, 0.2) is 17.0 Å². The van der Waals surface area contributed by atoms with Crippen LogP contribution in [0.1, 0.15) is 18.9 Å². The van der Waals surface area contributed by atoms with E-state index in [1.165, 1.54) is 18.2 Å². The van der Waals surface area contributed by atoms with Crippen LogP contribution in [0.2, 0.25) is 10.0 Å². The molecule has 1 aromatic carbocycles. The number of hydrogen-bond acceptors (Lipinski definition) is 5. The van der Waals surface area contributed by atoms with Gasteiger partial charge in [-0.3, -0.25) is 19.3 Å². The number of amides is 3. The summed E-state index contributed by atoms with van der Waals surface area (Å²) < 4.78 is 0. The number of imide groups is 1. The molecule has 0 aliphatic carbocycles. The van der Waals surface area contributed by atoms with Gasteiger partial charge in [-0.05, 0) is 42.0 Å². The number of thioether (sulfide) groups is 1. The highest BCUT2D eigenvalue weighted by molar-refractivity contribution is 8.18. The molecule has 128 valence electrons. The van der Waals surface area contributed by atoms with Gasteiger partial charge in [0.15, 0.2) is 5.75 Å². The Morgan fingerprint density at radius 3 is 2.54 bits per heavy atom. The van der Waals surface area contributed by atoms with Crippen LogP contribution in [0.5, 0.6) is 5.75 Å². The minimum atomic E-state index is -0.558. The number of nitrogens with zero attached hydrogens (tertiary/aromatic N) is 1. The van der Waals surface area contributed by atoms with Crippen LogP contribution >= 0.6 is 35.0 Å². The molecule has 0 atom stereocenters. The predicted molar refractivity (Wildman–Crippen MR) is 94.1 cm³/mol. The molecule has 1 saturated heterocycles. The van der Waals surface area contributed by atoms with Gasteiger partial charge in [-0.25, -0.2) is 0 Å². The fourth-order valence-corrected chi connectivity index (χ4v) is 3.26. The topological polar surface area (TPSA) is 86.7 Å². The van der Waals surface area contributed by atoms with E-state index in [4.69, 9.17) is 23.2 Å². The highest BCUT2D eigenvalue weighted by Crippen LogP contribution is 2.36. The summed E-state index contributed by atoms with van der Waals surface area (Å²) in [4.78, 5) is 37.0. The van der Waals surface area contributed by atoms with Gasteiger partial charge in [0.1, 0.15) is 6.54 Å². The van der Waals surface area contributed by atoms with Crippen LogP contribution < -0.4 is 5.32 Å². The second kappa shape index (κ2) is 7.92. The van der Waals surface area contributed by atoms with Crippen molar-refractivity contribution in [1.82, 2.24) is 10.2 Å². The largest absolute Gasteiger partial charge is 0.505 e. The monoisotopic (exact) mass is 388 g/mol. The van der Waals surface area contributed by atoms with Crippen molar-refractivity contribution in [3.63, 3.8) is 0 Å². The molecule has 0 aromatic heterocycles. The van der Waals surface area contributed by atoms with Gasteiger partial charge >= 0.3 is 0 Å². The van der Waals surface area contributed by atoms with E-state index in [2.05, 4.69) is 5.32 Å². The molecule has 1 heterocycles. The van der Waals surface area contributed by atoms with E-state index in [1.807, 2.05) is 6.92 Å². The van der Waals surface area contributed by atoms with Gasteiger partial charge in [0.05, 0.1) is 15.0 Å². The molecule has 1 aliphatic heterocycles. The third kappa shape index (κ3) is 4.23. The molecule has 0 saturated carbocycles. The van der Waals surface area contributed by atoms with Crippen LogP contribution in [-0.4, -0.2) is 40.1 Å². The van der Waals surface area contributed by atoms with Crippen molar-refractivity contribution in [2.45, 2.75) is 13.3 Å². The summed E-state index contributed by atoms with van der Waals surface area (Å²) in [6.45, 7) is 2.06. The summed E-state index contributed by atoms with van der Waals surface area (Å²) in [5, 5.41) is 11.7. The van der Waals surface area contributed by atoms with Gasteiger partial charge in [0.25, 0.3) is 11.1 Å². The van der Waals surface area contributed by atoms with Crippen molar-refractivity contribution >= 4 is 58.1 Å². The van der Waals surface area contributed by atoms with Crippen molar-refractivity contribution in [2.24, 2.45) is 0 Å². The molecule has 0 radical (unpaired) electrons. The Labute approximate surface area is 152 Å². The lowest BCUT2D eigenvalue weighted by molar-refractivity contribution is -0.129. The van der Waals surface area contributed by atoms with Gasteiger partial charge in [-0.1, -0.05) is 30.1 Å². The van der Waals surface area contributed by atoms with E-state index in [0.29, 0.717) is 12.1 Å². The summed E-state index contributed by atoms with van der Waals surface area (Å²) in [5.41, 5.74) is 0.462. The number of phenols is 1. The summed E-state index contributed by atoms with van der Waals surface area (Å²) in [6.07, 6.45) is 2.20. The molecular weight excluding hydrogens is 375 g/mol. The number of carbonyl (C=O) groups excluding carboxylic acids is 3. The van der Waals surface area contributed by atoms with Crippen molar-refractivity contribution in [2.75, 3.05) is 13.1 Å². The van der Waals surface area contributed by atoms with E-state index in [0.717, 1.165) is 23.1 Å². The summed E-state index contributed by atoms with van der Waals surface area (Å²) >= 11 is 12.4. The van der Waals surface area contributed by atoms with E-state index in [-0.39, 0.29) is 27.2 Å². The normalized spacial score (nSPS) is 16.1. The van der Waals surface area contributed by atoms with Crippen LogP contribution in [-0.2, 0) is 9.59 Å². The Morgan fingerprint density at radius 2 is 1.96 bits per heavy atom. The zero-order chi connectivity index (χ0) is 17.9. The summed E-state index contributed by atoms with van der Waals surface area (Å²) in [6, 6.07) is 2.84. The lowest BCUT2D eigenvalue weighted by Gasteiger charge is -2.11. The Morgan fingerprint density at radius 1 is 1.33 bits per heavy atom. The lowest BCUT2D eigenvalue weighted by Crippen LogP contribution is -2.39. The zero-order valence-corrected chi connectivity index (χ0v) is 15.0. The molecule has 0 bridgehead atoms. The van der Waals surface area contributed by atoms with Crippen LogP contribution in [0, 0.1) is 0 Å². The van der Waals surface area contributed by atoms with Crippen LogP contribution in [0.25, 0.3) is 6.08 Å². The first kappa shape index (κ1) is 18.6. The summed E-state index contributed by atoms with van der Waals surface area (Å²) in [5.74, 6) is -1.20. The third-order valence-corrected chi connectivity index (χ3v) is 4.57. The Hall–Kier alpha value is -1.70. The number of aromatic hydroxyl groups is 1. The Kier molecular flexibility index (Phi) is 6.15. The number of halogens is 2. The first-order valence-corrected chi connectivity index (χ1v) is 8.60. The number of nitrogens with one attached hydrogen (secondary N) is 1. The highest BCUT2D eigenvalue weighted by Gasteiger charge is 2.36. The van der Waals surface area contributed by atoms with Gasteiger partial charge in [-0.15, -0.1) is 0 Å². The third-order valence-electron chi connectivity index (χ3n) is 3.08. The molecule has 9 heteroatoms. The molecule has 2 rings (SSSR count). The molecule has 1 aliphatic rings. The standard InChI is InChI=1S/C15H14Cl2N2O4S/c1-2-3-18-12(20)7-19-14(22)11(24-15(19)23)6-8-4-9(16)13(21)10(17)5-8/h4-6,21H,2-3,7H2,1H3,(H,18,20)/b11-6-. The average molecular weight is 389 g/mol.